The zero-order valence-corrected chi connectivity index (χ0v) is 10.4. The number of carbonyl (C=O) groups is 1. The Balaban J connectivity index is 1.75. The lowest BCUT2D eigenvalue weighted by Crippen LogP contribution is -2.44. The number of urea groups is 1. The lowest BCUT2D eigenvalue weighted by atomic mass is 9.93. The van der Waals surface area contributed by atoms with Gasteiger partial charge in [0.2, 0.25) is 0 Å². The molecule has 0 atom stereocenters. The van der Waals surface area contributed by atoms with Crippen LogP contribution in [-0.4, -0.2) is 12.1 Å². The molecule has 0 bridgehead atoms. The minimum absolute atomic E-state index is 0.0276. The highest BCUT2D eigenvalue weighted by Gasteiger charge is 2.19. The lowest BCUT2D eigenvalue weighted by molar-refractivity contribution is 0.228. The van der Waals surface area contributed by atoms with E-state index in [1.54, 1.807) is 11.3 Å². The predicted octanol–water partition coefficient (Wildman–Crippen LogP) is 2.66. The van der Waals surface area contributed by atoms with Crippen LogP contribution in [0.3, 0.4) is 0 Å². The molecule has 0 radical (unpaired) electrons. The van der Waals surface area contributed by atoms with Gasteiger partial charge in [-0.3, -0.25) is 0 Å². The van der Waals surface area contributed by atoms with Gasteiger partial charge in [0.15, 0.2) is 0 Å². The standard InChI is InChI=1S/C12H18N2OS/c1-2-9-6-7-16-11(9)8-13-12(15)14-10-4-3-5-10/h6-7,10H,2-5,8H2,1H3,(H2,13,14,15). The number of rotatable bonds is 4. The van der Waals surface area contributed by atoms with Crippen molar-refractivity contribution in [3.63, 3.8) is 0 Å². The zero-order chi connectivity index (χ0) is 11.4. The molecule has 1 aliphatic rings. The maximum absolute atomic E-state index is 11.5. The molecule has 88 valence electrons. The van der Waals surface area contributed by atoms with Crippen molar-refractivity contribution in [3.05, 3.63) is 21.9 Å². The molecule has 2 N–H and O–H groups in total. The second kappa shape index (κ2) is 5.34. The number of aryl methyl sites for hydroxylation is 1. The molecule has 0 aromatic carbocycles. The fourth-order valence-electron chi connectivity index (χ4n) is 1.79. The normalized spacial score (nSPS) is 15.6. The molecule has 1 fully saturated rings. The van der Waals surface area contributed by atoms with Gasteiger partial charge in [-0.25, -0.2) is 4.79 Å². The first-order valence-corrected chi connectivity index (χ1v) is 6.77. The van der Waals surface area contributed by atoms with E-state index in [-0.39, 0.29) is 6.03 Å². The van der Waals surface area contributed by atoms with E-state index in [4.69, 9.17) is 0 Å². The van der Waals surface area contributed by atoms with E-state index in [2.05, 4.69) is 29.0 Å². The predicted molar refractivity (Wildman–Crippen MR) is 66.7 cm³/mol. The summed E-state index contributed by atoms with van der Waals surface area (Å²) in [6, 6.07) is 2.51. The summed E-state index contributed by atoms with van der Waals surface area (Å²) in [5.41, 5.74) is 1.34. The summed E-state index contributed by atoms with van der Waals surface area (Å²) in [5, 5.41) is 7.97. The fraction of sp³-hybridized carbons (Fsp3) is 0.583. The van der Waals surface area contributed by atoms with Crippen LogP contribution in [0.15, 0.2) is 11.4 Å². The number of hydrogen-bond acceptors (Lipinski definition) is 2. The van der Waals surface area contributed by atoms with Gasteiger partial charge in [0.25, 0.3) is 0 Å². The van der Waals surface area contributed by atoms with Gasteiger partial charge in [-0.15, -0.1) is 11.3 Å². The molecule has 0 unspecified atom stereocenters. The smallest absolute Gasteiger partial charge is 0.315 e. The Morgan fingerprint density at radius 2 is 2.38 bits per heavy atom. The molecule has 2 amide bonds. The van der Waals surface area contributed by atoms with E-state index >= 15 is 0 Å². The minimum atomic E-state index is -0.0276. The molecule has 1 saturated carbocycles. The second-order valence-corrected chi connectivity index (χ2v) is 5.18. The first-order valence-electron chi connectivity index (χ1n) is 5.89. The van der Waals surface area contributed by atoms with Crippen LogP contribution in [0.5, 0.6) is 0 Å². The Hall–Kier alpha value is -1.03. The summed E-state index contributed by atoms with van der Waals surface area (Å²) in [7, 11) is 0. The van der Waals surface area contributed by atoms with Crippen LogP contribution in [0.4, 0.5) is 4.79 Å². The summed E-state index contributed by atoms with van der Waals surface area (Å²) in [6.07, 6.45) is 4.54. The Morgan fingerprint density at radius 1 is 1.56 bits per heavy atom. The van der Waals surface area contributed by atoms with Gasteiger partial charge < -0.3 is 10.6 Å². The molecule has 0 saturated heterocycles. The molecule has 2 rings (SSSR count). The Bertz CT molecular complexity index is 358. The number of amides is 2. The van der Waals surface area contributed by atoms with Crippen LogP contribution in [-0.2, 0) is 13.0 Å². The molecule has 3 nitrogen and oxygen atoms in total. The third-order valence-corrected chi connectivity index (χ3v) is 4.03. The average Bonchev–Trinajstić information content (AvgIpc) is 2.68. The quantitative estimate of drug-likeness (QED) is 0.832. The number of carbonyl (C=O) groups excluding carboxylic acids is 1. The van der Waals surface area contributed by atoms with Gasteiger partial charge in [0.05, 0.1) is 6.54 Å². The van der Waals surface area contributed by atoms with E-state index in [1.807, 2.05) is 0 Å². The third-order valence-electron chi connectivity index (χ3n) is 3.07. The van der Waals surface area contributed by atoms with E-state index < -0.39 is 0 Å². The van der Waals surface area contributed by atoms with Gasteiger partial charge in [0.1, 0.15) is 0 Å². The summed E-state index contributed by atoms with van der Waals surface area (Å²) in [4.78, 5) is 12.8. The maximum Gasteiger partial charge on any atom is 0.315 e. The molecular formula is C12H18N2OS. The minimum Gasteiger partial charge on any atom is -0.335 e. The van der Waals surface area contributed by atoms with Crippen LogP contribution >= 0.6 is 11.3 Å². The monoisotopic (exact) mass is 238 g/mol. The van der Waals surface area contributed by atoms with Crippen molar-refractivity contribution in [1.29, 1.82) is 0 Å². The van der Waals surface area contributed by atoms with Crippen molar-refractivity contribution in [2.75, 3.05) is 0 Å². The summed E-state index contributed by atoms with van der Waals surface area (Å²) < 4.78 is 0. The van der Waals surface area contributed by atoms with Crippen molar-refractivity contribution >= 4 is 17.4 Å². The highest BCUT2D eigenvalue weighted by atomic mass is 32.1. The van der Waals surface area contributed by atoms with Gasteiger partial charge in [0, 0.05) is 10.9 Å². The molecule has 1 heterocycles. The third kappa shape index (κ3) is 2.76. The Kier molecular flexibility index (Phi) is 3.83. The molecule has 1 aliphatic carbocycles. The largest absolute Gasteiger partial charge is 0.335 e. The Morgan fingerprint density at radius 3 is 3.00 bits per heavy atom. The van der Waals surface area contributed by atoms with Crippen LogP contribution in [0.1, 0.15) is 36.6 Å². The molecule has 16 heavy (non-hydrogen) atoms. The maximum atomic E-state index is 11.5. The highest BCUT2D eigenvalue weighted by Crippen LogP contribution is 2.18. The topological polar surface area (TPSA) is 41.1 Å². The van der Waals surface area contributed by atoms with Gasteiger partial charge in [-0.05, 0) is 42.7 Å². The van der Waals surface area contributed by atoms with E-state index in [0.29, 0.717) is 12.6 Å². The van der Waals surface area contributed by atoms with Gasteiger partial charge in [-0.1, -0.05) is 6.92 Å². The molecule has 0 aliphatic heterocycles. The molecule has 0 spiro atoms. The van der Waals surface area contributed by atoms with Gasteiger partial charge in [-0.2, -0.15) is 0 Å². The first kappa shape index (κ1) is 11.5. The van der Waals surface area contributed by atoms with Crippen molar-refractivity contribution in [2.24, 2.45) is 0 Å². The van der Waals surface area contributed by atoms with E-state index in [1.165, 1.54) is 16.9 Å². The van der Waals surface area contributed by atoms with Crippen molar-refractivity contribution in [1.82, 2.24) is 10.6 Å². The number of thiophene rings is 1. The molecule has 1 aromatic rings. The zero-order valence-electron chi connectivity index (χ0n) is 9.58. The summed E-state index contributed by atoms with van der Waals surface area (Å²) in [5.74, 6) is 0. The molecule has 1 aromatic heterocycles. The highest BCUT2D eigenvalue weighted by molar-refractivity contribution is 7.10. The number of nitrogens with one attached hydrogen (secondary N) is 2. The number of hydrogen-bond donors (Lipinski definition) is 2. The van der Waals surface area contributed by atoms with Crippen LogP contribution in [0, 0.1) is 0 Å². The average molecular weight is 238 g/mol. The van der Waals surface area contributed by atoms with Crippen molar-refractivity contribution < 1.29 is 4.79 Å². The molecular weight excluding hydrogens is 220 g/mol. The van der Waals surface area contributed by atoms with Gasteiger partial charge >= 0.3 is 6.03 Å². The molecule has 4 heteroatoms. The van der Waals surface area contributed by atoms with Crippen LogP contribution < -0.4 is 10.6 Å². The SMILES string of the molecule is CCc1ccsc1CNC(=O)NC1CCC1. The summed E-state index contributed by atoms with van der Waals surface area (Å²) in [6.45, 7) is 2.79. The van der Waals surface area contributed by atoms with Crippen molar-refractivity contribution in [2.45, 2.75) is 45.2 Å². The van der Waals surface area contributed by atoms with Crippen LogP contribution in [0.2, 0.25) is 0 Å². The Labute approximate surface area is 100 Å². The van der Waals surface area contributed by atoms with Crippen LogP contribution in [0.25, 0.3) is 0 Å². The second-order valence-electron chi connectivity index (χ2n) is 4.18. The lowest BCUT2D eigenvalue weighted by Gasteiger charge is -2.26. The fourth-order valence-corrected chi connectivity index (χ4v) is 2.70. The van der Waals surface area contributed by atoms with E-state index in [9.17, 15) is 4.79 Å². The van der Waals surface area contributed by atoms with Crippen molar-refractivity contribution in [3.8, 4) is 0 Å². The summed E-state index contributed by atoms with van der Waals surface area (Å²) >= 11 is 1.71. The van der Waals surface area contributed by atoms with E-state index in [0.717, 1.165) is 19.3 Å². The first-order chi connectivity index (χ1) is 7.79.